The SMILES string of the molecule is CN=C(NCc1ccnc(OCC2CC2)c1)NCC(C)c1ccccc1. The smallest absolute Gasteiger partial charge is 0.213 e. The summed E-state index contributed by atoms with van der Waals surface area (Å²) < 4.78 is 5.75. The molecule has 1 atom stereocenters. The van der Waals surface area contributed by atoms with E-state index in [2.05, 4.69) is 51.8 Å². The number of rotatable bonds is 8. The first-order valence-electron chi connectivity index (χ1n) is 9.32. The average molecular weight is 352 g/mol. The van der Waals surface area contributed by atoms with Gasteiger partial charge in [0.1, 0.15) is 0 Å². The van der Waals surface area contributed by atoms with E-state index >= 15 is 0 Å². The molecule has 1 aromatic heterocycles. The molecule has 2 N–H and O–H groups in total. The lowest BCUT2D eigenvalue weighted by atomic mass is 10.0. The zero-order valence-electron chi connectivity index (χ0n) is 15.6. The molecular formula is C21H28N4O. The van der Waals surface area contributed by atoms with Crippen LogP contribution in [-0.2, 0) is 6.54 Å². The van der Waals surface area contributed by atoms with Crippen molar-refractivity contribution in [3.05, 3.63) is 59.8 Å². The van der Waals surface area contributed by atoms with E-state index in [-0.39, 0.29) is 0 Å². The first-order valence-corrected chi connectivity index (χ1v) is 9.32. The van der Waals surface area contributed by atoms with E-state index in [0.29, 0.717) is 18.3 Å². The molecule has 3 rings (SSSR count). The molecule has 0 spiro atoms. The second kappa shape index (κ2) is 9.22. The summed E-state index contributed by atoms with van der Waals surface area (Å²) in [7, 11) is 1.79. The van der Waals surface area contributed by atoms with Gasteiger partial charge in [0, 0.05) is 32.4 Å². The molecule has 26 heavy (non-hydrogen) atoms. The molecule has 1 heterocycles. The maximum Gasteiger partial charge on any atom is 0.213 e. The van der Waals surface area contributed by atoms with Crippen molar-refractivity contribution in [1.82, 2.24) is 15.6 Å². The van der Waals surface area contributed by atoms with Crippen LogP contribution in [0.15, 0.2) is 53.7 Å². The molecule has 1 saturated carbocycles. The third-order valence-electron chi connectivity index (χ3n) is 4.59. The number of hydrogen-bond acceptors (Lipinski definition) is 3. The van der Waals surface area contributed by atoms with Crippen LogP contribution >= 0.6 is 0 Å². The quantitative estimate of drug-likeness (QED) is 0.565. The van der Waals surface area contributed by atoms with Crippen molar-refractivity contribution >= 4 is 5.96 Å². The van der Waals surface area contributed by atoms with E-state index in [1.807, 2.05) is 18.2 Å². The molecular weight excluding hydrogens is 324 g/mol. The zero-order chi connectivity index (χ0) is 18.2. The standard InChI is InChI=1S/C21H28N4O/c1-16(19-6-4-3-5-7-19)13-24-21(22-2)25-14-18-10-11-23-20(12-18)26-15-17-8-9-17/h3-7,10-12,16-17H,8-9,13-15H2,1-2H3,(H2,22,24,25). The minimum atomic E-state index is 0.415. The molecule has 1 fully saturated rings. The number of ether oxygens (including phenoxy) is 1. The fourth-order valence-electron chi connectivity index (χ4n) is 2.68. The summed E-state index contributed by atoms with van der Waals surface area (Å²) in [6.07, 6.45) is 4.36. The molecule has 1 aliphatic carbocycles. The summed E-state index contributed by atoms with van der Waals surface area (Å²) in [5.74, 6) is 2.65. The van der Waals surface area contributed by atoms with Crippen molar-refractivity contribution in [2.45, 2.75) is 32.2 Å². The van der Waals surface area contributed by atoms with Crippen LogP contribution in [0, 0.1) is 5.92 Å². The lowest BCUT2D eigenvalue weighted by Gasteiger charge is -2.16. The van der Waals surface area contributed by atoms with Gasteiger partial charge >= 0.3 is 0 Å². The van der Waals surface area contributed by atoms with Crippen LogP contribution in [-0.4, -0.2) is 31.1 Å². The van der Waals surface area contributed by atoms with Crippen LogP contribution in [0.1, 0.15) is 36.8 Å². The third kappa shape index (κ3) is 5.76. The Morgan fingerprint density at radius 2 is 2.04 bits per heavy atom. The topological polar surface area (TPSA) is 58.5 Å². The van der Waals surface area contributed by atoms with Gasteiger partial charge in [-0.1, -0.05) is 37.3 Å². The molecule has 0 amide bonds. The molecule has 2 aromatic rings. The molecule has 0 bridgehead atoms. The summed E-state index contributed by atoms with van der Waals surface area (Å²) >= 11 is 0. The van der Waals surface area contributed by atoms with Gasteiger partial charge in [-0.25, -0.2) is 4.98 Å². The van der Waals surface area contributed by atoms with Gasteiger partial charge in [-0.2, -0.15) is 0 Å². The van der Waals surface area contributed by atoms with Gasteiger partial charge in [-0.05, 0) is 41.9 Å². The summed E-state index contributed by atoms with van der Waals surface area (Å²) in [5.41, 5.74) is 2.45. The number of pyridine rings is 1. The molecule has 0 saturated heterocycles. The van der Waals surface area contributed by atoms with E-state index in [9.17, 15) is 0 Å². The first kappa shape index (κ1) is 18.2. The Balaban J connectivity index is 1.45. The summed E-state index contributed by atoms with van der Waals surface area (Å²) in [5, 5.41) is 6.75. The molecule has 1 aliphatic rings. The molecule has 138 valence electrons. The van der Waals surface area contributed by atoms with Crippen LogP contribution in [0.3, 0.4) is 0 Å². The molecule has 5 heteroatoms. The van der Waals surface area contributed by atoms with Crippen LogP contribution in [0.25, 0.3) is 0 Å². The Morgan fingerprint density at radius 3 is 2.77 bits per heavy atom. The van der Waals surface area contributed by atoms with Gasteiger partial charge in [0.25, 0.3) is 0 Å². The highest BCUT2D eigenvalue weighted by Crippen LogP contribution is 2.29. The number of nitrogens with zero attached hydrogens (tertiary/aromatic N) is 2. The van der Waals surface area contributed by atoms with Gasteiger partial charge in [0.15, 0.2) is 5.96 Å². The molecule has 1 unspecified atom stereocenters. The summed E-state index contributed by atoms with van der Waals surface area (Å²) in [6.45, 7) is 4.50. The number of hydrogen-bond donors (Lipinski definition) is 2. The monoisotopic (exact) mass is 352 g/mol. The number of benzene rings is 1. The Bertz CT molecular complexity index is 713. The predicted octanol–water partition coefficient (Wildman–Crippen LogP) is 3.34. The van der Waals surface area contributed by atoms with Crippen molar-refractivity contribution in [3.63, 3.8) is 0 Å². The zero-order valence-corrected chi connectivity index (χ0v) is 15.6. The third-order valence-corrected chi connectivity index (χ3v) is 4.59. The van der Waals surface area contributed by atoms with Crippen LogP contribution < -0.4 is 15.4 Å². The van der Waals surface area contributed by atoms with Crippen molar-refractivity contribution in [2.24, 2.45) is 10.9 Å². The van der Waals surface area contributed by atoms with E-state index < -0.39 is 0 Å². The van der Waals surface area contributed by atoms with E-state index in [4.69, 9.17) is 4.74 Å². The maximum atomic E-state index is 5.75. The lowest BCUT2D eigenvalue weighted by molar-refractivity contribution is 0.288. The van der Waals surface area contributed by atoms with Gasteiger partial charge in [-0.3, -0.25) is 4.99 Å². The molecule has 0 radical (unpaired) electrons. The number of nitrogens with one attached hydrogen (secondary N) is 2. The highest BCUT2D eigenvalue weighted by molar-refractivity contribution is 5.79. The highest BCUT2D eigenvalue weighted by atomic mass is 16.5. The molecule has 0 aliphatic heterocycles. The van der Waals surface area contributed by atoms with Crippen molar-refractivity contribution in [1.29, 1.82) is 0 Å². The summed E-state index contributed by atoms with van der Waals surface area (Å²) in [6, 6.07) is 14.5. The van der Waals surface area contributed by atoms with Gasteiger partial charge in [0.05, 0.1) is 6.61 Å². The predicted molar refractivity (Wildman–Crippen MR) is 106 cm³/mol. The average Bonchev–Trinajstić information content (AvgIpc) is 3.52. The van der Waals surface area contributed by atoms with Crippen molar-refractivity contribution < 1.29 is 4.74 Å². The van der Waals surface area contributed by atoms with Crippen LogP contribution in [0.4, 0.5) is 0 Å². The van der Waals surface area contributed by atoms with Gasteiger partial charge < -0.3 is 15.4 Å². The first-order chi connectivity index (χ1) is 12.7. The van der Waals surface area contributed by atoms with Crippen LogP contribution in [0.5, 0.6) is 5.88 Å². The maximum absolute atomic E-state index is 5.75. The Kier molecular flexibility index (Phi) is 6.47. The Morgan fingerprint density at radius 1 is 1.23 bits per heavy atom. The van der Waals surface area contributed by atoms with E-state index in [1.165, 1.54) is 18.4 Å². The highest BCUT2D eigenvalue weighted by Gasteiger charge is 2.22. The number of guanidine groups is 1. The second-order valence-corrected chi connectivity index (χ2v) is 6.88. The Hall–Kier alpha value is -2.56. The lowest BCUT2D eigenvalue weighted by Crippen LogP contribution is -2.38. The Labute approximate surface area is 155 Å². The normalized spacial score (nSPS) is 15.4. The largest absolute Gasteiger partial charge is 0.477 e. The number of aliphatic imine (C=N–C) groups is 1. The molecule has 1 aromatic carbocycles. The fraction of sp³-hybridized carbons (Fsp3) is 0.429. The van der Waals surface area contributed by atoms with Crippen LogP contribution in [0.2, 0.25) is 0 Å². The summed E-state index contributed by atoms with van der Waals surface area (Å²) in [4.78, 5) is 8.59. The van der Waals surface area contributed by atoms with Gasteiger partial charge in [-0.15, -0.1) is 0 Å². The second-order valence-electron chi connectivity index (χ2n) is 6.88. The van der Waals surface area contributed by atoms with E-state index in [1.54, 1.807) is 13.2 Å². The fourth-order valence-corrected chi connectivity index (χ4v) is 2.68. The number of aromatic nitrogens is 1. The minimum absolute atomic E-state index is 0.415. The van der Waals surface area contributed by atoms with Crippen molar-refractivity contribution in [3.8, 4) is 5.88 Å². The molecule has 5 nitrogen and oxygen atoms in total. The van der Waals surface area contributed by atoms with Crippen molar-refractivity contribution in [2.75, 3.05) is 20.2 Å². The van der Waals surface area contributed by atoms with E-state index in [0.717, 1.165) is 30.6 Å². The minimum Gasteiger partial charge on any atom is -0.477 e. The van der Waals surface area contributed by atoms with Gasteiger partial charge in [0.2, 0.25) is 5.88 Å².